The fourth-order valence-corrected chi connectivity index (χ4v) is 5.35. The first-order chi connectivity index (χ1) is 9.49. The first-order valence-electron chi connectivity index (χ1n) is 6.78. The van der Waals surface area contributed by atoms with Gasteiger partial charge in [-0.1, -0.05) is 13.3 Å². The molecule has 20 heavy (non-hydrogen) atoms. The molecule has 0 aliphatic heterocycles. The molecule has 8 heteroatoms. The zero-order valence-corrected chi connectivity index (χ0v) is 13.4. The molecule has 1 aromatic rings. The van der Waals surface area contributed by atoms with Crippen molar-refractivity contribution in [2.75, 3.05) is 5.75 Å². The van der Waals surface area contributed by atoms with Crippen molar-refractivity contribution in [3.05, 3.63) is 11.3 Å². The Morgan fingerprint density at radius 2 is 2.25 bits per heavy atom. The van der Waals surface area contributed by atoms with E-state index in [1.165, 1.54) is 0 Å². The van der Waals surface area contributed by atoms with Crippen LogP contribution in [0.25, 0.3) is 0 Å². The molecule has 6 nitrogen and oxygen atoms in total. The lowest BCUT2D eigenvalue weighted by Gasteiger charge is -2.19. The fourth-order valence-electron chi connectivity index (χ4n) is 2.57. The maximum atomic E-state index is 12.4. The van der Waals surface area contributed by atoms with Crippen LogP contribution >= 0.6 is 11.8 Å². The number of hydrogen-bond acceptors (Lipinski definition) is 5. The number of H-pyrrole nitrogens is 1. The summed E-state index contributed by atoms with van der Waals surface area (Å²) in [4.78, 5) is 0. The van der Waals surface area contributed by atoms with E-state index in [1.54, 1.807) is 18.7 Å². The molecule has 2 atom stereocenters. The van der Waals surface area contributed by atoms with Crippen LogP contribution in [0.4, 0.5) is 0 Å². The largest absolute Gasteiger partial charge is 0.392 e. The molecule has 1 aromatic heterocycles. The normalized spacial score (nSPS) is 23.4. The molecule has 0 aromatic carbocycles. The molecule has 2 unspecified atom stereocenters. The SMILES string of the molecule is CCSC1CCCC1NS(=O)(=O)c1n[nH]c(C)c1CO. The van der Waals surface area contributed by atoms with Crippen molar-refractivity contribution in [2.45, 2.75) is 56.0 Å². The lowest BCUT2D eigenvalue weighted by Crippen LogP contribution is -2.39. The first kappa shape index (κ1) is 15.8. The van der Waals surface area contributed by atoms with Gasteiger partial charge in [-0.3, -0.25) is 5.10 Å². The number of aryl methyl sites for hydroxylation is 1. The van der Waals surface area contributed by atoms with Crippen LogP contribution in [0.15, 0.2) is 5.03 Å². The highest BCUT2D eigenvalue weighted by Gasteiger charge is 2.33. The quantitative estimate of drug-likeness (QED) is 0.731. The van der Waals surface area contributed by atoms with Gasteiger partial charge >= 0.3 is 0 Å². The molecule has 1 saturated carbocycles. The van der Waals surface area contributed by atoms with Gasteiger partial charge < -0.3 is 5.11 Å². The summed E-state index contributed by atoms with van der Waals surface area (Å²) in [7, 11) is -3.68. The van der Waals surface area contributed by atoms with Gasteiger partial charge in [0.05, 0.1) is 6.61 Å². The van der Waals surface area contributed by atoms with E-state index in [2.05, 4.69) is 21.8 Å². The van der Waals surface area contributed by atoms with E-state index in [4.69, 9.17) is 0 Å². The molecule has 114 valence electrons. The van der Waals surface area contributed by atoms with E-state index in [9.17, 15) is 13.5 Å². The Balaban J connectivity index is 2.18. The average Bonchev–Trinajstić information content (AvgIpc) is 2.97. The summed E-state index contributed by atoms with van der Waals surface area (Å²) >= 11 is 1.79. The smallest absolute Gasteiger partial charge is 0.260 e. The van der Waals surface area contributed by atoms with E-state index in [0.717, 1.165) is 25.0 Å². The monoisotopic (exact) mass is 319 g/mol. The van der Waals surface area contributed by atoms with E-state index in [1.807, 2.05) is 0 Å². The summed E-state index contributed by atoms with van der Waals surface area (Å²) in [6.45, 7) is 3.44. The molecule has 1 aliphatic rings. The predicted molar refractivity (Wildman–Crippen MR) is 79.1 cm³/mol. The highest BCUT2D eigenvalue weighted by atomic mass is 32.2. The topological polar surface area (TPSA) is 95.1 Å². The Hall–Kier alpha value is -0.570. The summed E-state index contributed by atoms with van der Waals surface area (Å²) in [6, 6.07) is -0.0477. The van der Waals surface area contributed by atoms with Gasteiger partial charge in [0.15, 0.2) is 5.03 Å². The number of thioether (sulfide) groups is 1. The van der Waals surface area contributed by atoms with Crippen LogP contribution in [0.5, 0.6) is 0 Å². The maximum Gasteiger partial charge on any atom is 0.260 e. The molecule has 0 spiro atoms. The lowest BCUT2D eigenvalue weighted by atomic mass is 10.3. The van der Waals surface area contributed by atoms with Gasteiger partial charge in [-0.25, -0.2) is 13.1 Å². The number of aromatic nitrogens is 2. The minimum atomic E-state index is -3.68. The number of aliphatic hydroxyl groups is 1. The highest BCUT2D eigenvalue weighted by Crippen LogP contribution is 2.31. The third kappa shape index (κ3) is 3.19. The average molecular weight is 319 g/mol. The Bertz CT molecular complexity index is 556. The van der Waals surface area contributed by atoms with Crippen molar-refractivity contribution in [2.24, 2.45) is 0 Å². The highest BCUT2D eigenvalue weighted by molar-refractivity contribution is 8.00. The van der Waals surface area contributed by atoms with Gasteiger partial charge in [-0.15, -0.1) is 0 Å². The number of nitrogens with one attached hydrogen (secondary N) is 2. The second kappa shape index (κ2) is 6.46. The van der Waals surface area contributed by atoms with Gasteiger partial charge in [0.2, 0.25) is 0 Å². The second-order valence-electron chi connectivity index (χ2n) is 4.94. The molecule has 0 amide bonds. The fraction of sp³-hybridized carbons (Fsp3) is 0.750. The number of aliphatic hydroxyl groups excluding tert-OH is 1. The molecule has 1 fully saturated rings. The van der Waals surface area contributed by atoms with Gasteiger partial charge in [-0.2, -0.15) is 16.9 Å². The second-order valence-corrected chi connectivity index (χ2v) is 8.09. The maximum absolute atomic E-state index is 12.4. The number of sulfonamides is 1. The Labute approximate surface area is 123 Å². The summed E-state index contributed by atoms with van der Waals surface area (Å²) in [5.41, 5.74) is 0.925. The Morgan fingerprint density at radius 3 is 2.90 bits per heavy atom. The predicted octanol–water partition coefficient (Wildman–Crippen LogP) is 1.16. The lowest BCUT2D eigenvalue weighted by molar-refractivity contribution is 0.277. The molecular weight excluding hydrogens is 298 g/mol. The summed E-state index contributed by atoms with van der Waals surface area (Å²) in [6.07, 6.45) is 2.93. The van der Waals surface area contributed by atoms with Crippen molar-refractivity contribution in [3.63, 3.8) is 0 Å². The Kier molecular flexibility index (Phi) is 5.11. The molecule has 0 radical (unpaired) electrons. The molecule has 0 bridgehead atoms. The summed E-state index contributed by atoms with van der Waals surface area (Å²) < 4.78 is 27.6. The van der Waals surface area contributed by atoms with Gasteiger partial charge in [-0.05, 0) is 25.5 Å². The van der Waals surface area contributed by atoms with Crippen molar-refractivity contribution in [1.29, 1.82) is 0 Å². The molecule has 3 N–H and O–H groups in total. The molecule has 1 heterocycles. The minimum Gasteiger partial charge on any atom is -0.392 e. The summed E-state index contributed by atoms with van der Waals surface area (Å²) in [5, 5.41) is 16.0. The zero-order chi connectivity index (χ0) is 14.8. The first-order valence-corrected chi connectivity index (χ1v) is 9.31. The van der Waals surface area contributed by atoms with Crippen molar-refractivity contribution in [3.8, 4) is 0 Å². The van der Waals surface area contributed by atoms with Gasteiger partial charge in [0, 0.05) is 22.5 Å². The molecular formula is C12H21N3O3S2. The van der Waals surface area contributed by atoms with Gasteiger partial charge in [0.25, 0.3) is 10.0 Å². The number of nitrogens with zero attached hydrogens (tertiary/aromatic N) is 1. The van der Waals surface area contributed by atoms with Crippen LogP contribution in [0.3, 0.4) is 0 Å². The zero-order valence-electron chi connectivity index (χ0n) is 11.7. The number of aromatic amines is 1. The van der Waals surface area contributed by atoms with Crippen LogP contribution in [-0.2, 0) is 16.6 Å². The van der Waals surface area contributed by atoms with Crippen molar-refractivity contribution in [1.82, 2.24) is 14.9 Å². The standard InChI is InChI=1S/C12H21N3O3S2/c1-3-19-11-6-4-5-10(11)15-20(17,18)12-9(7-16)8(2)13-14-12/h10-11,15-16H,3-7H2,1-2H3,(H,13,14). The van der Waals surface area contributed by atoms with Crippen molar-refractivity contribution >= 4 is 21.8 Å². The van der Waals surface area contributed by atoms with E-state index >= 15 is 0 Å². The van der Waals surface area contributed by atoms with Crippen LogP contribution in [0.2, 0.25) is 0 Å². The summed E-state index contributed by atoms with van der Waals surface area (Å²) in [5.74, 6) is 0.978. The molecule has 0 saturated heterocycles. The van der Waals surface area contributed by atoms with Crippen LogP contribution < -0.4 is 4.72 Å². The van der Waals surface area contributed by atoms with E-state index in [-0.39, 0.29) is 17.7 Å². The van der Waals surface area contributed by atoms with Crippen LogP contribution in [0, 0.1) is 6.92 Å². The third-order valence-corrected chi connectivity index (χ3v) is 6.37. The molecule has 2 rings (SSSR count). The van der Waals surface area contributed by atoms with Crippen LogP contribution in [-0.4, -0.2) is 40.8 Å². The molecule has 1 aliphatic carbocycles. The van der Waals surface area contributed by atoms with Crippen LogP contribution in [0.1, 0.15) is 37.4 Å². The number of rotatable bonds is 6. The van der Waals surface area contributed by atoms with E-state index in [0.29, 0.717) is 16.5 Å². The Morgan fingerprint density at radius 1 is 1.50 bits per heavy atom. The minimum absolute atomic E-state index is 0.0477. The van der Waals surface area contributed by atoms with E-state index < -0.39 is 10.0 Å². The third-order valence-electron chi connectivity index (χ3n) is 3.59. The number of hydrogen-bond donors (Lipinski definition) is 3. The van der Waals surface area contributed by atoms with Gasteiger partial charge in [0.1, 0.15) is 0 Å². The van der Waals surface area contributed by atoms with Crippen molar-refractivity contribution < 1.29 is 13.5 Å².